The Kier molecular flexibility index (Phi) is 5.25. The Balaban J connectivity index is 2.93. The maximum absolute atomic E-state index is 11.2. The van der Waals surface area contributed by atoms with Gasteiger partial charge in [-0.3, -0.25) is 14.9 Å². The first-order valence-electron chi connectivity index (χ1n) is 5.36. The summed E-state index contributed by atoms with van der Waals surface area (Å²) in [7, 11) is 0. The molecule has 2 N–H and O–H groups in total. The van der Waals surface area contributed by atoms with Crippen LogP contribution in [-0.2, 0) is 9.53 Å². The van der Waals surface area contributed by atoms with Crippen molar-refractivity contribution in [1.29, 1.82) is 0 Å². The number of ether oxygens (including phenoxy) is 1. The molecule has 0 atom stereocenters. The van der Waals surface area contributed by atoms with Crippen LogP contribution in [0, 0.1) is 10.1 Å². The summed E-state index contributed by atoms with van der Waals surface area (Å²) in [6.45, 7) is 1.91. The van der Waals surface area contributed by atoms with E-state index in [-0.39, 0.29) is 35.3 Å². The Bertz CT molecular complexity index is 531. The van der Waals surface area contributed by atoms with Crippen LogP contribution in [0.4, 0.5) is 11.4 Å². The van der Waals surface area contributed by atoms with Crippen LogP contribution < -0.4 is 5.73 Å². The van der Waals surface area contributed by atoms with E-state index < -0.39 is 10.9 Å². The number of hydrogen-bond acceptors (Lipinski definition) is 5. The molecule has 8 heteroatoms. The molecule has 0 radical (unpaired) electrons. The van der Waals surface area contributed by atoms with Gasteiger partial charge in [0.15, 0.2) is 0 Å². The van der Waals surface area contributed by atoms with Gasteiger partial charge in [0.1, 0.15) is 12.3 Å². The van der Waals surface area contributed by atoms with Crippen LogP contribution in [0.1, 0.15) is 13.3 Å². The van der Waals surface area contributed by atoms with Gasteiger partial charge in [0.25, 0.3) is 5.69 Å². The molecule has 102 valence electrons. The average molecular weight is 286 g/mol. The van der Waals surface area contributed by atoms with Gasteiger partial charge >= 0.3 is 5.97 Å². The van der Waals surface area contributed by atoms with Crippen LogP contribution in [0.25, 0.3) is 0 Å². The van der Waals surface area contributed by atoms with Crippen molar-refractivity contribution in [2.75, 3.05) is 6.61 Å². The van der Waals surface area contributed by atoms with Gasteiger partial charge in [-0.25, -0.2) is 4.99 Å². The minimum Gasteiger partial charge on any atom is -0.466 e. The number of nitro groups is 1. The Morgan fingerprint density at radius 1 is 1.58 bits per heavy atom. The molecule has 1 rings (SSSR count). The molecular weight excluding hydrogens is 274 g/mol. The van der Waals surface area contributed by atoms with Crippen molar-refractivity contribution in [3.63, 3.8) is 0 Å². The standard InChI is InChI=1S/C11H12ClN3O4/c1-2-19-11(16)6-10(13)14-9-5-7(15(17)18)3-4-8(9)12/h3-5H,2,6H2,1H3,(H2,13,14). The molecule has 0 bridgehead atoms. The van der Waals surface area contributed by atoms with Crippen molar-refractivity contribution in [2.45, 2.75) is 13.3 Å². The zero-order valence-corrected chi connectivity index (χ0v) is 10.9. The summed E-state index contributed by atoms with van der Waals surface area (Å²) in [6.07, 6.45) is -0.202. The van der Waals surface area contributed by atoms with Crippen LogP contribution in [0.3, 0.4) is 0 Å². The van der Waals surface area contributed by atoms with Gasteiger partial charge in [0.2, 0.25) is 0 Å². The summed E-state index contributed by atoms with van der Waals surface area (Å²) in [5, 5.41) is 10.8. The van der Waals surface area contributed by atoms with Crippen molar-refractivity contribution in [3.8, 4) is 0 Å². The lowest BCUT2D eigenvalue weighted by Gasteiger charge is -2.03. The molecule has 0 aromatic heterocycles. The number of nitro benzene ring substituents is 1. The fourth-order valence-electron chi connectivity index (χ4n) is 1.25. The maximum atomic E-state index is 11.2. The van der Waals surface area contributed by atoms with Gasteiger partial charge < -0.3 is 10.5 Å². The van der Waals surface area contributed by atoms with Crippen molar-refractivity contribution < 1.29 is 14.5 Å². The molecule has 1 aromatic rings. The highest BCUT2D eigenvalue weighted by atomic mass is 35.5. The molecule has 0 spiro atoms. The second-order valence-corrected chi connectivity index (χ2v) is 3.88. The topological polar surface area (TPSA) is 108 Å². The van der Waals surface area contributed by atoms with Gasteiger partial charge in [-0.2, -0.15) is 0 Å². The summed E-state index contributed by atoms with van der Waals surface area (Å²) < 4.78 is 4.70. The Labute approximate surface area is 114 Å². The molecule has 0 aliphatic carbocycles. The van der Waals surface area contributed by atoms with E-state index in [2.05, 4.69) is 4.99 Å². The number of hydrogen-bond donors (Lipinski definition) is 1. The number of carbonyl (C=O) groups is 1. The van der Waals surface area contributed by atoms with E-state index in [1.807, 2.05) is 0 Å². The van der Waals surface area contributed by atoms with Crippen LogP contribution in [0.15, 0.2) is 23.2 Å². The molecule has 0 saturated carbocycles. The molecule has 0 heterocycles. The molecule has 0 amide bonds. The highest BCUT2D eigenvalue weighted by Crippen LogP contribution is 2.29. The number of rotatable bonds is 5. The van der Waals surface area contributed by atoms with Crippen molar-refractivity contribution in [2.24, 2.45) is 10.7 Å². The second kappa shape index (κ2) is 6.69. The zero-order valence-electron chi connectivity index (χ0n) is 10.1. The summed E-state index contributed by atoms with van der Waals surface area (Å²) in [5.74, 6) is -0.550. The first kappa shape index (κ1) is 14.9. The van der Waals surface area contributed by atoms with E-state index in [1.165, 1.54) is 18.2 Å². The highest BCUT2D eigenvalue weighted by Gasteiger charge is 2.11. The molecule has 0 aliphatic rings. The van der Waals surface area contributed by atoms with Crippen molar-refractivity contribution >= 4 is 34.8 Å². The first-order chi connectivity index (χ1) is 8.93. The number of benzene rings is 1. The van der Waals surface area contributed by atoms with E-state index in [1.54, 1.807) is 6.92 Å². The van der Waals surface area contributed by atoms with Crippen LogP contribution in [0.5, 0.6) is 0 Å². The summed E-state index contributed by atoms with van der Waals surface area (Å²) in [5.41, 5.74) is 5.53. The minimum atomic E-state index is -0.573. The molecule has 19 heavy (non-hydrogen) atoms. The summed E-state index contributed by atoms with van der Waals surface area (Å²) >= 11 is 5.84. The Morgan fingerprint density at radius 2 is 2.26 bits per heavy atom. The minimum absolute atomic E-state index is 0.0270. The van der Waals surface area contributed by atoms with E-state index in [4.69, 9.17) is 22.1 Å². The zero-order chi connectivity index (χ0) is 14.4. The third-order valence-corrected chi connectivity index (χ3v) is 2.35. The van der Waals surface area contributed by atoms with Gasteiger partial charge in [-0.05, 0) is 13.0 Å². The lowest BCUT2D eigenvalue weighted by molar-refractivity contribution is -0.384. The predicted octanol–water partition coefficient (Wildman–Crippen LogP) is 2.19. The normalized spacial score (nSPS) is 11.2. The van der Waals surface area contributed by atoms with Crippen molar-refractivity contribution in [1.82, 2.24) is 0 Å². The van der Waals surface area contributed by atoms with Gasteiger partial charge in [0.05, 0.1) is 22.2 Å². The Hall–Kier alpha value is -2.15. The smallest absolute Gasteiger partial charge is 0.313 e. The van der Waals surface area contributed by atoms with Crippen LogP contribution in [0.2, 0.25) is 5.02 Å². The largest absolute Gasteiger partial charge is 0.466 e. The summed E-state index contributed by atoms with van der Waals surface area (Å²) in [6, 6.07) is 3.78. The number of carbonyl (C=O) groups excluding carboxylic acids is 1. The third-order valence-electron chi connectivity index (χ3n) is 2.04. The fraction of sp³-hybridized carbons (Fsp3) is 0.273. The number of non-ortho nitro benzene ring substituents is 1. The molecule has 0 fully saturated rings. The van der Waals surface area contributed by atoms with E-state index in [0.717, 1.165) is 0 Å². The number of halogens is 1. The molecule has 7 nitrogen and oxygen atoms in total. The maximum Gasteiger partial charge on any atom is 0.313 e. The quantitative estimate of drug-likeness (QED) is 0.293. The lowest BCUT2D eigenvalue weighted by Crippen LogP contribution is -2.18. The number of nitrogens with two attached hydrogens (primary N) is 1. The van der Waals surface area contributed by atoms with Crippen LogP contribution >= 0.6 is 11.6 Å². The van der Waals surface area contributed by atoms with E-state index in [0.29, 0.717) is 0 Å². The fourth-order valence-corrected chi connectivity index (χ4v) is 1.41. The number of aliphatic imine (C=N–C) groups is 1. The van der Waals surface area contributed by atoms with Crippen LogP contribution in [-0.4, -0.2) is 23.3 Å². The highest BCUT2D eigenvalue weighted by molar-refractivity contribution is 6.33. The molecular formula is C11H12ClN3O4. The second-order valence-electron chi connectivity index (χ2n) is 3.48. The molecule has 0 unspecified atom stereocenters. The monoisotopic (exact) mass is 285 g/mol. The molecule has 0 saturated heterocycles. The average Bonchev–Trinajstić information content (AvgIpc) is 2.31. The third kappa shape index (κ3) is 4.55. The number of esters is 1. The molecule has 1 aromatic carbocycles. The Morgan fingerprint density at radius 3 is 2.84 bits per heavy atom. The lowest BCUT2D eigenvalue weighted by atomic mass is 10.3. The first-order valence-corrected chi connectivity index (χ1v) is 5.74. The molecule has 0 aliphatic heterocycles. The van der Waals surface area contributed by atoms with Crippen molar-refractivity contribution in [3.05, 3.63) is 33.3 Å². The van der Waals surface area contributed by atoms with Gasteiger partial charge in [-0.1, -0.05) is 11.6 Å². The SMILES string of the molecule is CCOC(=O)CC(N)=Nc1cc([N+](=O)[O-])ccc1Cl. The summed E-state index contributed by atoms with van der Waals surface area (Å²) in [4.78, 5) is 25.1. The van der Waals surface area contributed by atoms with E-state index in [9.17, 15) is 14.9 Å². The van der Waals surface area contributed by atoms with E-state index >= 15 is 0 Å². The predicted molar refractivity (Wildman–Crippen MR) is 70.6 cm³/mol. The van der Waals surface area contributed by atoms with Gasteiger partial charge in [-0.15, -0.1) is 0 Å². The number of nitrogens with zero attached hydrogens (tertiary/aromatic N) is 2. The van der Waals surface area contributed by atoms with Gasteiger partial charge in [0, 0.05) is 12.1 Å². The number of amidine groups is 1.